The second-order valence-electron chi connectivity index (χ2n) is 5.58. The molecule has 0 aliphatic carbocycles. The van der Waals surface area contributed by atoms with Crippen molar-refractivity contribution in [1.82, 2.24) is 0 Å². The maximum Gasteiger partial charge on any atom is 2.00 e. The van der Waals surface area contributed by atoms with Crippen LogP contribution in [0.2, 0.25) is 0 Å². The van der Waals surface area contributed by atoms with E-state index < -0.39 is 15.6 Å². The summed E-state index contributed by atoms with van der Waals surface area (Å²) in [6.45, 7) is 0. The van der Waals surface area contributed by atoms with Gasteiger partial charge in [-0.15, -0.1) is 0 Å². The second-order valence-corrected chi connectivity index (χ2v) is 7.73. The minimum Gasteiger partial charge on any atom is -0.780 e. The first kappa shape index (κ1) is 30.7. The van der Waals surface area contributed by atoms with E-state index >= 15 is 0 Å². The fourth-order valence-corrected chi connectivity index (χ4v) is 3.18. The molecular weight excluding hydrogens is 573 g/mol. The molecule has 0 bridgehead atoms. The standard InChI is InChI=1S/C17H20O11P2.2Zn/c1-24-13-7-6-11(8-14(13)27-29(18,19)20)4-5-12-9-15(25-2)17(26-3)16(10-12)28-30(21,22)23;;/h4-10H,1-3H3,(H2,18,19,20)(H2,21,22,23);;/q;2*+2/p-4/b5-4-;;. The fourth-order valence-electron chi connectivity index (χ4n) is 2.42. The van der Waals surface area contributed by atoms with E-state index in [1.165, 1.54) is 57.7 Å². The number of ether oxygens (including phenoxy) is 3. The Bertz CT molecular complexity index is 1030. The SMILES string of the molecule is COc1ccc(/C=C\c2cc(OC)c(OC)c(OP(=O)([O-])[O-])c2)cc1OP(=O)([O-])[O-].[Zn+2].[Zn+2]. The Labute approximate surface area is 209 Å². The third kappa shape index (κ3) is 9.30. The van der Waals surface area contributed by atoms with Gasteiger partial charge in [0.05, 0.1) is 21.3 Å². The number of benzene rings is 2. The van der Waals surface area contributed by atoms with Crippen LogP contribution in [0.25, 0.3) is 12.2 Å². The monoisotopic (exact) mass is 586 g/mol. The van der Waals surface area contributed by atoms with Gasteiger partial charge in [-0.3, -0.25) is 0 Å². The molecule has 2 rings (SSSR count). The molecule has 0 aliphatic rings. The molecule has 15 heteroatoms. The van der Waals surface area contributed by atoms with Gasteiger partial charge in [-0.2, -0.15) is 0 Å². The van der Waals surface area contributed by atoms with Gasteiger partial charge >= 0.3 is 39.0 Å². The summed E-state index contributed by atoms with van der Waals surface area (Å²) in [7, 11) is -6.86. The molecule has 0 saturated carbocycles. The quantitative estimate of drug-likeness (QED) is 0.224. The number of rotatable bonds is 9. The molecule has 0 fully saturated rings. The van der Waals surface area contributed by atoms with Crippen molar-refractivity contribution in [2.75, 3.05) is 21.3 Å². The summed E-state index contributed by atoms with van der Waals surface area (Å²) >= 11 is 0. The zero-order valence-corrected chi connectivity index (χ0v) is 25.1. The third-order valence-electron chi connectivity index (χ3n) is 3.54. The molecule has 0 spiro atoms. The van der Waals surface area contributed by atoms with Crippen LogP contribution in [0.3, 0.4) is 0 Å². The van der Waals surface area contributed by atoms with Crippen LogP contribution in [0, 0.1) is 0 Å². The second kappa shape index (κ2) is 12.8. The zero-order valence-electron chi connectivity index (χ0n) is 17.3. The van der Waals surface area contributed by atoms with Gasteiger partial charge in [0.25, 0.3) is 0 Å². The summed E-state index contributed by atoms with van der Waals surface area (Å²) in [5, 5.41) is 0. The van der Waals surface area contributed by atoms with Gasteiger partial charge in [-0.25, -0.2) is 0 Å². The van der Waals surface area contributed by atoms with E-state index in [9.17, 15) is 28.7 Å². The molecular formula is C17H16O11P2Zn2. The smallest absolute Gasteiger partial charge is 0.780 e. The molecule has 0 saturated heterocycles. The molecule has 0 atom stereocenters. The van der Waals surface area contributed by atoms with Gasteiger partial charge in [0.2, 0.25) is 5.75 Å². The van der Waals surface area contributed by atoms with Crippen molar-refractivity contribution >= 4 is 27.8 Å². The molecule has 0 aromatic heterocycles. The van der Waals surface area contributed by atoms with Gasteiger partial charge in [0, 0.05) is 0 Å². The summed E-state index contributed by atoms with van der Waals surface area (Å²) in [5.41, 5.74) is 0.766. The Balaban J connectivity index is 0.00000480. The van der Waals surface area contributed by atoms with Crippen molar-refractivity contribution in [2.45, 2.75) is 0 Å². The van der Waals surface area contributed by atoms with E-state index in [0.717, 1.165) is 0 Å². The number of phosphoric ester groups is 2. The van der Waals surface area contributed by atoms with Gasteiger partial charge in [0.1, 0.15) is 15.6 Å². The number of hydrogen-bond acceptors (Lipinski definition) is 11. The van der Waals surface area contributed by atoms with Crippen LogP contribution in [0.15, 0.2) is 30.3 Å². The zero-order chi connectivity index (χ0) is 22.5. The molecule has 2 aromatic carbocycles. The van der Waals surface area contributed by atoms with Crippen LogP contribution in [0.5, 0.6) is 28.7 Å². The molecule has 0 N–H and O–H groups in total. The minimum atomic E-state index is -5.37. The summed E-state index contributed by atoms with van der Waals surface area (Å²) in [5.74, 6) is -0.642. The maximum atomic E-state index is 11.0. The van der Waals surface area contributed by atoms with Crippen LogP contribution in [0.1, 0.15) is 11.1 Å². The molecule has 2 aromatic rings. The first-order valence-electron chi connectivity index (χ1n) is 8.01. The Kier molecular flexibility index (Phi) is 12.3. The van der Waals surface area contributed by atoms with Crippen molar-refractivity contribution in [3.05, 3.63) is 41.5 Å². The van der Waals surface area contributed by atoms with Crippen molar-refractivity contribution in [1.29, 1.82) is 0 Å². The van der Waals surface area contributed by atoms with Crippen LogP contribution < -0.4 is 42.8 Å². The van der Waals surface area contributed by atoms with Crippen molar-refractivity contribution < 1.29 is 90.9 Å². The Hall–Kier alpha value is -1.27. The molecule has 11 nitrogen and oxygen atoms in total. The normalized spacial score (nSPS) is 11.2. The fraction of sp³-hybridized carbons (Fsp3) is 0.176. The molecule has 0 heterocycles. The molecule has 0 radical (unpaired) electrons. The largest absolute Gasteiger partial charge is 2.00 e. The molecule has 0 unspecified atom stereocenters. The average Bonchev–Trinajstić information content (AvgIpc) is 2.63. The van der Waals surface area contributed by atoms with Crippen LogP contribution in [-0.4, -0.2) is 21.3 Å². The first-order chi connectivity index (χ1) is 14.0. The molecule has 32 heavy (non-hydrogen) atoms. The average molecular weight is 589 g/mol. The van der Waals surface area contributed by atoms with Crippen LogP contribution >= 0.6 is 15.6 Å². The van der Waals surface area contributed by atoms with Gasteiger partial charge in [-0.1, -0.05) is 18.2 Å². The minimum absolute atomic E-state index is 0. The molecule has 164 valence electrons. The first-order valence-corrected chi connectivity index (χ1v) is 10.9. The summed E-state index contributed by atoms with van der Waals surface area (Å²) in [6.07, 6.45) is 2.97. The number of hydrogen-bond donors (Lipinski definition) is 0. The van der Waals surface area contributed by atoms with Crippen molar-refractivity contribution in [3.8, 4) is 28.7 Å². The topological polar surface area (TPSA) is 173 Å². The van der Waals surface area contributed by atoms with E-state index in [0.29, 0.717) is 11.1 Å². The Morgan fingerprint density at radius 1 is 0.656 bits per heavy atom. The van der Waals surface area contributed by atoms with E-state index in [-0.39, 0.29) is 67.7 Å². The third-order valence-corrected chi connectivity index (χ3v) is 4.38. The van der Waals surface area contributed by atoms with Crippen LogP contribution in [0.4, 0.5) is 0 Å². The Morgan fingerprint density at radius 3 is 1.62 bits per heavy atom. The number of methoxy groups -OCH3 is 3. The van der Waals surface area contributed by atoms with E-state index in [1.807, 2.05) is 0 Å². The predicted octanol–water partition coefficient (Wildman–Crippen LogP) is 0.293. The van der Waals surface area contributed by atoms with Crippen molar-refractivity contribution in [3.63, 3.8) is 0 Å². The summed E-state index contributed by atoms with van der Waals surface area (Å²) in [4.78, 5) is 43.8. The summed E-state index contributed by atoms with van der Waals surface area (Å²) < 4.78 is 45.8. The van der Waals surface area contributed by atoms with E-state index in [1.54, 1.807) is 6.07 Å². The Morgan fingerprint density at radius 2 is 1.12 bits per heavy atom. The van der Waals surface area contributed by atoms with E-state index in [4.69, 9.17) is 14.2 Å². The van der Waals surface area contributed by atoms with Crippen LogP contribution in [-0.2, 0) is 48.1 Å². The summed E-state index contributed by atoms with van der Waals surface area (Å²) in [6, 6.07) is 6.89. The van der Waals surface area contributed by atoms with E-state index in [2.05, 4.69) is 9.05 Å². The van der Waals surface area contributed by atoms with Crippen molar-refractivity contribution in [2.24, 2.45) is 0 Å². The predicted molar refractivity (Wildman–Crippen MR) is 97.9 cm³/mol. The van der Waals surface area contributed by atoms with Gasteiger partial charge in [-0.05, 0) is 35.4 Å². The number of phosphoric acid groups is 2. The molecule has 0 aliphatic heterocycles. The van der Waals surface area contributed by atoms with Gasteiger partial charge < -0.3 is 52.0 Å². The maximum absolute atomic E-state index is 11.0. The molecule has 0 amide bonds. The van der Waals surface area contributed by atoms with Gasteiger partial charge in [0.15, 0.2) is 23.0 Å².